The lowest BCUT2D eigenvalue weighted by Gasteiger charge is -2.48. The van der Waals surface area contributed by atoms with E-state index in [9.17, 15) is 4.79 Å². The van der Waals surface area contributed by atoms with Gasteiger partial charge in [0.25, 0.3) is 5.91 Å². The van der Waals surface area contributed by atoms with Gasteiger partial charge in [-0.2, -0.15) is 0 Å². The summed E-state index contributed by atoms with van der Waals surface area (Å²) in [6, 6.07) is 7.81. The van der Waals surface area contributed by atoms with Crippen LogP contribution in [0.25, 0.3) is 0 Å². The van der Waals surface area contributed by atoms with Crippen LogP contribution in [0.15, 0.2) is 24.3 Å². The number of amides is 1. The Labute approximate surface area is 157 Å². The highest BCUT2D eigenvalue weighted by Gasteiger charge is 2.39. The van der Waals surface area contributed by atoms with Gasteiger partial charge in [0.1, 0.15) is 5.75 Å². The molecule has 26 heavy (non-hydrogen) atoms. The fourth-order valence-electron chi connectivity index (χ4n) is 3.99. The molecule has 5 heteroatoms. The smallest absolute Gasteiger partial charge is 0.260 e. The molecule has 0 spiro atoms. The molecule has 0 bridgehead atoms. The maximum atomic E-state index is 12.6. The van der Waals surface area contributed by atoms with Crippen LogP contribution in [-0.2, 0) is 9.53 Å². The topological polar surface area (TPSA) is 50.8 Å². The molecule has 0 radical (unpaired) electrons. The average molecular weight is 360 g/mol. The van der Waals surface area contributed by atoms with Crippen molar-refractivity contribution in [2.24, 2.45) is 0 Å². The molecule has 5 nitrogen and oxygen atoms in total. The van der Waals surface area contributed by atoms with Crippen molar-refractivity contribution < 1.29 is 14.3 Å². The molecule has 1 atom stereocenters. The molecule has 1 N–H and O–H groups in total. The number of piperidine rings is 1. The molecule has 0 aromatic heterocycles. The van der Waals surface area contributed by atoms with Crippen LogP contribution in [-0.4, -0.2) is 55.3 Å². The van der Waals surface area contributed by atoms with Gasteiger partial charge in [0.15, 0.2) is 6.10 Å². The van der Waals surface area contributed by atoms with Crippen LogP contribution in [0.3, 0.4) is 0 Å². The van der Waals surface area contributed by atoms with Gasteiger partial charge in [-0.3, -0.25) is 9.69 Å². The molecule has 3 rings (SSSR count). The number of nitrogens with zero attached hydrogens (tertiary/aromatic N) is 1. The van der Waals surface area contributed by atoms with Crippen LogP contribution in [0, 0.1) is 6.92 Å². The van der Waals surface area contributed by atoms with E-state index >= 15 is 0 Å². The standard InChI is InChI=1S/C21H32N2O3/c1-17-6-8-19(9-7-17)26-18(2)20(24)22-16-21(10-14-25-15-11-21)23-12-4-3-5-13-23/h6-9,18H,3-5,10-16H2,1-2H3,(H,22,24). The predicted molar refractivity (Wildman–Crippen MR) is 102 cm³/mol. The number of hydrogen-bond donors (Lipinski definition) is 1. The summed E-state index contributed by atoms with van der Waals surface area (Å²) in [6.45, 7) is 8.34. The lowest BCUT2D eigenvalue weighted by molar-refractivity contribution is -0.128. The second-order valence-corrected chi connectivity index (χ2v) is 7.68. The molecule has 144 valence electrons. The fraction of sp³-hybridized carbons (Fsp3) is 0.667. The third-order valence-corrected chi connectivity index (χ3v) is 5.75. The highest BCUT2D eigenvalue weighted by Crippen LogP contribution is 2.30. The number of likely N-dealkylation sites (tertiary alicyclic amines) is 1. The predicted octanol–water partition coefficient (Wildman–Crippen LogP) is 2.91. The number of carbonyl (C=O) groups is 1. The minimum absolute atomic E-state index is 0.0396. The van der Waals surface area contributed by atoms with Gasteiger partial charge in [0.2, 0.25) is 0 Å². The molecule has 2 saturated heterocycles. The van der Waals surface area contributed by atoms with E-state index in [0.29, 0.717) is 6.54 Å². The van der Waals surface area contributed by atoms with Crippen molar-refractivity contribution in [3.05, 3.63) is 29.8 Å². The van der Waals surface area contributed by atoms with E-state index < -0.39 is 6.10 Å². The number of hydrogen-bond acceptors (Lipinski definition) is 4. The van der Waals surface area contributed by atoms with Crippen molar-refractivity contribution in [2.75, 3.05) is 32.8 Å². The summed E-state index contributed by atoms with van der Waals surface area (Å²) in [4.78, 5) is 15.2. The van der Waals surface area contributed by atoms with Crippen molar-refractivity contribution in [3.63, 3.8) is 0 Å². The van der Waals surface area contributed by atoms with E-state index in [4.69, 9.17) is 9.47 Å². The van der Waals surface area contributed by atoms with Gasteiger partial charge >= 0.3 is 0 Å². The zero-order valence-electron chi connectivity index (χ0n) is 16.1. The number of rotatable bonds is 6. The quantitative estimate of drug-likeness (QED) is 0.847. The molecule has 2 fully saturated rings. The first-order valence-electron chi connectivity index (χ1n) is 9.93. The van der Waals surface area contributed by atoms with Gasteiger partial charge in [-0.25, -0.2) is 0 Å². The van der Waals surface area contributed by atoms with Crippen molar-refractivity contribution in [1.29, 1.82) is 0 Å². The van der Waals surface area contributed by atoms with Gasteiger partial charge in [0.05, 0.1) is 0 Å². The summed E-state index contributed by atoms with van der Waals surface area (Å²) >= 11 is 0. The first kappa shape index (κ1) is 19.2. The Kier molecular flexibility index (Phi) is 6.54. The van der Waals surface area contributed by atoms with Crippen LogP contribution in [0.2, 0.25) is 0 Å². The number of benzene rings is 1. The second-order valence-electron chi connectivity index (χ2n) is 7.68. The van der Waals surface area contributed by atoms with Crippen LogP contribution in [0.4, 0.5) is 0 Å². The third kappa shape index (κ3) is 4.77. The Morgan fingerprint density at radius 3 is 2.50 bits per heavy atom. The Balaban J connectivity index is 1.57. The fourth-order valence-corrected chi connectivity index (χ4v) is 3.99. The van der Waals surface area contributed by atoms with Crippen LogP contribution < -0.4 is 10.1 Å². The maximum Gasteiger partial charge on any atom is 0.260 e. The summed E-state index contributed by atoms with van der Waals surface area (Å²) < 4.78 is 11.4. The monoisotopic (exact) mass is 360 g/mol. The molecule has 2 heterocycles. The van der Waals surface area contributed by atoms with E-state index in [1.807, 2.05) is 38.1 Å². The van der Waals surface area contributed by atoms with Gasteiger partial charge < -0.3 is 14.8 Å². The Morgan fingerprint density at radius 2 is 1.85 bits per heavy atom. The molecular formula is C21H32N2O3. The second kappa shape index (κ2) is 8.87. The van der Waals surface area contributed by atoms with E-state index in [1.54, 1.807) is 0 Å². The number of nitrogens with one attached hydrogen (secondary N) is 1. The first-order valence-corrected chi connectivity index (χ1v) is 9.93. The van der Waals surface area contributed by atoms with Crippen molar-refractivity contribution in [2.45, 2.75) is 57.6 Å². The summed E-state index contributed by atoms with van der Waals surface area (Å²) in [7, 11) is 0. The zero-order valence-corrected chi connectivity index (χ0v) is 16.1. The summed E-state index contributed by atoms with van der Waals surface area (Å²) in [6.07, 6.45) is 5.29. The Hall–Kier alpha value is -1.59. The van der Waals surface area contributed by atoms with E-state index in [0.717, 1.165) is 44.9 Å². The maximum absolute atomic E-state index is 12.6. The Bertz CT molecular complexity index is 575. The number of aryl methyl sites for hydroxylation is 1. The van der Waals surface area contributed by atoms with Gasteiger partial charge in [-0.15, -0.1) is 0 Å². The number of ether oxygens (including phenoxy) is 2. The largest absolute Gasteiger partial charge is 0.481 e. The molecular weight excluding hydrogens is 328 g/mol. The highest BCUT2D eigenvalue weighted by molar-refractivity contribution is 5.80. The lowest BCUT2D eigenvalue weighted by Crippen LogP contribution is -2.60. The normalized spacial score (nSPS) is 21.8. The van der Waals surface area contributed by atoms with Crippen LogP contribution in [0.5, 0.6) is 5.75 Å². The molecule has 2 aliphatic heterocycles. The lowest BCUT2D eigenvalue weighted by atomic mass is 9.86. The minimum Gasteiger partial charge on any atom is -0.481 e. The molecule has 1 amide bonds. The SMILES string of the molecule is Cc1ccc(OC(C)C(=O)NCC2(N3CCCCC3)CCOCC2)cc1. The summed E-state index contributed by atoms with van der Waals surface area (Å²) in [5.41, 5.74) is 1.22. The molecule has 1 aromatic carbocycles. The summed E-state index contributed by atoms with van der Waals surface area (Å²) in [5.74, 6) is 0.684. The highest BCUT2D eigenvalue weighted by atomic mass is 16.5. The molecule has 2 aliphatic rings. The molecule has 1 aromatic rings. The van der Waals surface area contributed by atoms with E-state index in [1.165, 1.54) is 24.8 Å². The van der Waals surface area contributed by atoms with Crippen molar-refractivity contribution in [1.82, 2.24) is 10.2 Å². The van der Waals surface area contributed by atoms with Crippen molar-refractivity contribution in [3.8, 4) is 5.75 Å². The molecule has 1 unspecified atom stereocenters. The van der Waals surface area contributed by atoms with Gasteiger partial charge in [0, 0.05) is 25.3 Å². The van der Waals surface area contributed by atoms with Crippen LogP contribution in [0.1, 0.15) is 44.6 Å². The van der Waals surface area contributed by atoms with Gasteiger partial charge in [-0.05, 0) is 64.8 Å². The zero-order chi connectivity index (χ0) is 18.4. The van der Waals surface area contributed by atoms with E-state index in [2.05, 4.69) is 10.2 Å². The average Bonchev–Trinajstić information content (AvgIpc) is 2.69. The third-order valence-electron chi connectivity index (χ3n) is 5.75. The number of carbonyl (C=O) groups excluding carboxylic acids is 1. The minimum atomic E-state index is -0.504. The molecule has 0 aliphatic carbocycles. The molecule has 0 saturated carbocycles. The van der Waals surface area contributed by atoms with Crippen LogP contribution >= 0.6 is 0 Å². The Morgan fingerprint density at radius 1 is 1.19 bits per heavy atom. The van der Waals surface area contributed by atoms with E-state index in [-0.39, 0.29) is 11.4 Å². The van der Waals surface area contributed by atoms with Gasteiger partial charge in [-0.1, -0.05) is 24.1 Å². The first-order chi connectivity index (χ1) is 12.6. The summed E-state index contributed by atoms with van der Waals surface area (Å²) in [5, 5.41) is 3.16. The van der Waals surface area contributed by atoms with Crippen molar-refractivity contribution >= 4 is 5.91 Å².